The van der Waals surface area contributed by atoms with E-state index in [0.29, 0.717) is 24.8 Å². The van der Waals surface area contributed by atoms with Gasteiger partial charge < -0.3 is 14.8 Å². The van der Waals surface area contributed by atoms with Gasteiger partial charge in [0.05, 0.1) is 0 Å². The number of para-hydroxylation sites is 1. The van der Waals surface area contributed by atoms with Gasteiger partial charge in [-0.2, -0.15) is 0 Å². The van der Waals surface area contributed by atoms with Gasteiger partial charge in [-0.25, -0.2) is 0 Å². The number of likely N-dealkylation sites (tertiary alicyclic amines) is 2. The number of fused-ring (bicyclic) bond motifs is 2. The molecule has 1 aromatic heterocycles. The van der Waals surface area contributed by atoms with Crippen molar-refractivity contribution >= 4 is 22.7 Å². The molecule has 2 aromatic rings. The molecule has 2 aliphatic rings. The molecule has 1 aromatic carbocycles. The Hall–Kier alpha value is -2.30. The van der Waals surface area contributed by atoms with E-state index >= 15 is 0 Å². The molecule has 2 fully saturated rings. The third-order valence-corrected chi connectivity index (χ3v) is 5.66. The Kier molecular flexibility index (Phi) is 3.79. The van der Waals surface area contributed by atoms with Gasteiger partial charge in [0.2, 0.25) is 11.8 Å². The van der Waals surface area contributed by atoms with Crippen molar-refractivity contribution in [1.29, 1.82) is 0 Å². The molecular weight excluding hydrogens is 302 g/mol. The lowest BCUT2D eigenvalue weighted by Gasteiger charge is -2.36. The van der Waals surface area contributed by atoms with Crippen LogP contribution in [0.1, 0.15) is 24.8 Å². The fourth-order valence-corrected chi connectivity index (χ4v) is 4.25. The number of nitrogens with zero attached hydrogens (tertiary/aromatic N) is 2. The average Bonchev–Trinajstić information content (AvgIpc) is 3.14. The number of nitrogens with one attached hydrogen (secondary N) is 1. The second-order valence-electron chi connectivity index (χ2n) is 7.02. The zero-order valence-electron chi connectivity index (χ0n) is 14.0. The first-order valence-electron chi connectivity index (χ1n) is 8.72. The maximum absolute atomic E-state index is 12.6. The summed E-state index contributed by atoms with van der Waals surface area (Å²) in [4.78, 5) is 31.5. The zero-order chi connectivity index (χ0) is 16.7. The summed E-state index contributed by atoms with van der Waals surface area (Å²) in [6.07, 6.45) is 4.79. The molecule has 2 saturated heterocycles. The van der Waals surface area contributed by atoms with Crippen molar-refractivity contribution in [2.45, 2.75) is 31.7 Å². The van der Waals surface area contributed by atoms with Gasteiger partial charge in [-0.3, -0.25) is 9.59 Å². The number of carbonyl (C=O) groups excluding carboxylic acids is 2. The molecule has 24 heavy (non-hydrogen) atoms. The van der Waals surface area contributed by atoms with Crippen molar-refractivity contribution in [3.05, 3.63) is 36.0 Å². The Balaban J connectivity index is 1.38. The number of amides is 2. The SMILES string of the molecule is CN1C(=O)C[C@@H]2CN(C(=O)CCc3c[nH]c4ccccc34)CC[C@@H]21. The van der Waals surface area contributed by atoms with Gasteiger partial charge in [-0.15, -0.1) is 0 Å². The number of hydrogen-bond acceptors (Lipinski definition) is 2. The lowest BCUT2D eigenvalue weighted by Crippen LogP contribution is -2.47. The van der Waals surface area contributed by atoms with Crippen LogP contribution in [0.4, 0.5) is 0 Å². The molecule has 4 rings (SSSR count). The Morgan fingerprint density at radius 3 is 3.04 bits per heavy atom. The third kappa shape index (κ3) is 2.58. The quantitative estimate of drug-likeness (QED) is 0.940. The highest BCUT2D eigenvalue weighted by atomic mass is 16.2. The van der Waals surface area contributed by atoms with Gasteiger partial charge in [0.1, 0.15) is 0 Å². The van der Waals surface area contributed by atoms with E-state index in [9.17, 15) is 9.59 Å². The number of carbonyl (C=O) groups is 2. The van der Waals surface area contributed by atoms with Crippen LogP contribution >= 0.6 is 0 Å². The molecule has 0 spiro atoms. The van der Waals surface area contributed by atoms with Gasteiger partial charge in [0.15, 0.2) is 0 Å². The third-order valence-electron chi connectivity index (χ3n) is 5.66. The molecule has 126 valence electrons. The highest BCUT2D eigenvalue weighted by Crippen LogP contribution is 2.31. The summed E-state index contributed by atoms with van der Waals surface area (Å²) in [6, 6.07) is 8.52. The molecule has 1 N–H and O–H groups in total. The molecule has 0 bridgehead atoms. The summed E-state index contributed by atoms with van der Waals surface area (Å²) in [6.45, 7) is 1.50. The molecule has 0 unspecified atom stereocenters. The molecular formula is C19H23N3O2. The standard InChI is InChI=1S/C19H23N3O2/c1-21-17-8-9-22(12-14(17)10-19(21)24)18(23)7-6-13-11-20-16-5-3-2-4-15(13)16/h2-5,11,14,17,20H,6-10,12H2,1H3/t14-,17+/m1/s1. The summed E-state index contributed by atoms with van der Waals surface area (Å²) in [5.74, 6) is 0.743. The molecule has 2 amide bonds. The van der Waals surface area contributed by atoms with Crippen LogP contribution in [0.5, 0.6) is 0 Å². The number of H-pyrrole nitrogens is 1. The maximum atomic E-state index is 12.6. The number of rotatable bonds is 3. The van der Waals surface area contributed by atoms with Crippen molar-refractivity contribution < 1.29 is 9.59 Å². The second-order valence-corrected chi connectivity index (χ2v) is 7.02. The molecule has 0 radical (unpaired) electrons. The van der Waals surface area contributed by atoms with Crippen LogP contribution in [0, 0.1) is 5.92 Å². The molecule has 3 heterocycles. The van der Waals surface area contributed by atoms with E-state index in [0.717, 1.165) is 31.4 Å². The Labute approximate surface area is 141 Å². The van der Waals surface area contributed by atoms with Crippen LogP contribution in [-0.4, -0.2) is 52.8 Å². The van der Waals surface area contributed by atoms with Gasteiger partial charge >= 0.3 is 0 Å². The molecule has 0 saturated carbocycles. The van der Waals surface area contributed by atoms with E-state index in [1.54, 1.807) is 0 Å². The second kappa shape index (κ2) is 5.96. The summed E-state index contributed by atoms with van der Waals surface area (Å²) in [5, 5.41) is 1.20. The number of hydrogen-bond donors (Lipinski definition) is 1. The van der Waals surface area contributed by atoms with Crippen LogP contribution in [-0.2, 0) is 16.0 Å². The van der Waals surface area contributed by atoms with E-state index in [-0.39, 0.29) is 11.8 Å². The molecule has 5 nitrogen and oxygen atoms in total. The lowest BCUT2D eigenvalue weighted by molar-refractivity contribution is -0.133. The lowest BCUT2D eigenvalue weighted by atomic mass is 9.92. The van der Waals surface area contributed by atoms with E-state index in [4.69, 9.17) is 0 Å². The van der Waals surface area contributed by atoms with Crippen molar-refractivity contribution in [3.8, 4) is 0 Å². The largest absolute Gasteiger partial charge is 0.361 e. The normalized spacial score (nSPS) is 23.8. The molecule has 2 aliphatic heterocycles. The van der Waals surface area contributed by atoms with Crippen LogP contribution in [0.15, 0.2) is 30.5 Å². The molecule has 5 heteroatoms. The van der Waals surface area contributed by atoms with Crippen molar-refractivity contribution in [3.63, 3.8) is 0 Å². The number of aromatic amines is 1. The minimum Gasteiger partial charge on any atom is -0.361 e. The summed E-state index contributed by atoms with van der Waals surface area (Å²) in [7, 11) is 1.89. The molecule has 0 aliphatic carbocycles. The first-order chi connectivity index (χ1) is 11.6. The Morgan fingerprint density at radius 2 is 2.17 bits per heavy atom. The number of benzene rings is 1. The fraction of sp³-hybridized carbons (Fsp3) is 0.474. The van der Waals surface area contributed by atoms with Gasteiger partial charge in [0, 0.05) is 62.0 Å². The fourth-order valence-electron chi connectivity index (χ4n) is 4.25. The highest BCUT2D eigenvalue weighted by Gasteiger charge is 2.41. The monoisotopic (exact) mass is 325 g/mol. The van der Waals surface area contributed by atoms with Crippen LogP contribution in [0.3, 0.4) is 0 Å². The Morgan fingerprint density at radius 1 is 1.33 bits per heavy atom. The maximum Gasteiger partial charge on any atom is 0.222 e. The highest BCUT2D eigenvalue weighted by molar-refractivity contribution is 5.84. The number of aryl methyl sites for hydroxylation is 1. The van der Waals surface area contributed by atoms with E-state index in [1.165, 1.54) is 10.9 Å². The predicted molar refractivity (Wildman–Crippen MR) is 92.5 cm³/mol. The van der Waals surface area contributed by atoms with E-state index in [2.05, 4.69) is 17.1 Å². The molecule has 2 atom stereocenters. The minimum absolute atomic E-state index is 0.209. The topological polar surface area (TPSA) is 56.4 Å². The van der Waals surface area contributed by atoms with Crippen LogP contribution in [0.25, 0.3) is 10.9 Å². The number of aromatic nitrogens is 1. The van der Waals surface area contributed by atoms with Crippen LogP contribution in [0.2, 0.25) is 0 Å². The summed E-state index contributed by atoms with van der Waals surface area (Å²) >= 11 is 0. The Bertz CT molecular complexity index is 782. The van der Waals surface area contributed by atoms with Gasteiger partial charge in [0.25, 0.3) is 0 Å². The van der Waals surface area contributed by atoms with Gasteiger partial charge in [-0.05, 0) is 24.5 Å². The first kappa shape index (κ1) is 15.2. The smallest absolute Gasteiger partial charge is 0.222 e. The van der Waals surface area contributed by atoms with Crippen molar-refractivity contribution in [2.24, 2.45) is 5.92 Å². The number of piperidine rings is 1. The first-order valence-corrected chi connectivity index (χ1v) is 8.72. The van der Waals surface area contributed by atoms with Crippen molar-refractivity contribution in [1.82, 2.24) is 14.8 Å². The average molecular weight is 325 g/mol. The predicted octanol–water partition coefficient (Wildman–Crippen LogP) is 2.18. The zero-order valence-corrected chi connectivity index (χ0v) is 14.0. The van der Waals surface area contributed by atoms with E-state index < -0.39 is 0 Å². The van der Waals surface area contributed by atoms with Gasteiger partial charge in [-0.1, -0.05) is 18.2 Å². The minimum atomic E-state index is 0.209. The summed E-state index contributed by atoms with van der Waals surface area (Å²) in [5.41, 5.74) is 2.32. The van der Waals surface area contributed by atoms with E-state index in [1.807, 2.05) is 35.2 Å². The van der Waals surface area contributed by atoms with Crippen LogP contribution < -0.4 is 0 Å². The summed E-state index contributed by atoms with van der Waals surface area (Å²) < 4.78 is 0. The van der Waals surface area contributed by atoms with Crippen molar-refractivity contribution in [2.75, 3.05) is 20.1 Å².